The summed E-state index contributed by atoms with van der Waals surface area (Å²) < 4.78 is 15.6. The summed E-state index contributed by atoms with van der Waals surface area (Å²) in [6, 6.07) is 0. The summed E-state index contributed by atoms with van der Waals surface area (Å²) in [5.41, 5.74) is -0.577. The third-order valence-electron chi connectivity index (χ3n) is 3.26. The fraction of sp³-hybridized carbons (Fsp3) is 0.857. The first-order valence-corrected chi connectivity index (χ1v) is 8.17. The van der Waals surface area contributed by atoms with E-state index >= 15 is 0 Å². The van der Waals surface area contributed by atoms with Crippen molar-refractivity contribution in [1.29, 1.82) is 0 Å². The topological polar surface area (TPSA) is 61.8 Å². The van der Waals surface area contributed by atoms with Crippen molar-refractivity contribution >= 4 is 23.7 Å². The number of thioether (sulfide) groups is 1. The van der Waals surface area contributed by atoms with Crippen molar-refractivity contribution in [2.45, 2.75) is 46.3 Å². The lowest BCUT2D eigenvalue weighted by Gasteiger charge is -2.22. The zero-order valence-corrected chi connectivity index (χ0v) is 13.3. The van der Waals surface area contributed by atoms with E-state index in [9.17, 15) is 9.59 Å². The van der Waals surface area contributed by atoms with E-state index in [-0.39, 0.29) is 12.6 Å². The second-order valence-electron chi connectivity index (χ2n) is 5.39. The van der Waals surface area contributed by atoms with Crippen LogP contribution < -0.4 is 0 Å². The predicted molar refractivity (Wildman–Crippen MR) is 77.4 cm³/mol. The van der Waals surface area contributed by atoms with Crippen LogP contribution in [0.25, 0.3) is 0 Å². The van der Waals surface area contributed by atoms with Crippen molar-refractivity contribution in [2.75, 3.05) is 24.7 Å². The Morgan fingerprint density at radius 2 is 2.10 bits per heavy atom. The number of hydrogen-bond acceptors (Lipinski definition) is 6. The first-order valence-electron chi connectivity index (χ1n) is 7.02. The van der Waals surface area contributed by atoms with Crippen LogP contribution in [0, 0.1) is 5.41 Å². The van der Waals surface area contributed by atoms with Gasteiger partial charge in [0.25, 0.3) is 0 Å². The Balaban J connectivity index is 2.30. The molecule has 0 saturated carbocycles. The number of carbonyl (C=O) groups excluding carboxylic acids is 2. The molecule has 0 aromatic heterocycles. The highest BCUT2D eigenvalue weighted by Gasteiger charge is 2.28. The van der Waals surface area contributed by atoms with Crippen LogP contribution in [-0.2, 0) is 23.8 Å². The highest BCUT2D eigenvalue weighted by Crippen LogP contribution is 2.21. The lowest BCUT2D eigenvalue weighted by atomic mass is 9.91. The Kier molecular flexibility index (Phi) is 7.37. The Hall–Kier alpha value is -0.750. The van der Waals surface area contributed by atoms with Crippen molar-refractivity contribution in [3.8, 4) is 0 Å². The molecule has 0 bridgehead atoms. The van der Waals surface area contributed by atoms with Crippen LogP contribution in [0.2, 0.25) is 0 Å². The molecule has 0 aromatic rings. The standard InChI is InChI=1S/C14H24O5S/c1-4-14(2,3)13(16)18-9-11(15)19-12-10-20-8-6-5-7-17-12/h12H,4-10H2,1-3H3. The second kappa shape index (κ2) is 8.52. The molecule has 1 unspecified atom stereocenters. The largest absolute Gasteiger partial charge is 0.453 e. The molecule has 6 heteroatoms. The smallest absolute Gasteiger partial charge is 0.346 e. The minimum atomic E-state index is -0.577. The minimum Gasteiger partial charge on any atom is -0.453 e. The molecule has 1 atom stereocenters. The summed E-state index contributed by atoms with van der Waals surface area (Å²) in [5, 5.41) is 0. The van der Waals surface area contributed by atoms with Gasteiger partial charge in [-0.2, -0.15) is 11.8 Å². The van der Waals surface area contributed by atoms with Gasteiger partial charge in [0.05, 0.1) is 17.8 Å². The second-order valence-corrected chi connectivity index (χ2v) is 6.54. The first-order chi connectivity index (χ1) is 9.45. The van der Waals surface area contributed by atoms with Crippen molar-refractivity contribution in [3.63, 3.8) is 0 Å². The van der Waals surface area contributed by atoms with Crippen molar-refractivity contribution in [2.24, 2.45) is 5.41 Å². The third kappa shape index (κ3) is 6.13. The van der Waals surface area contributed by atoms with E-state index in [1.165, 1.54) is 0 Å². The van der Waals surface area contributed by atoms with Gasteiger partial charge in [-0.1, -0.05) is 6.92 Å². The molecular weight excluding hydrogens is 280 g/mol. The van der Waals surface area contributed by atoms with Gasteiger partial charge in [0.15, 0.2) is 6.61 Å². The number of esters is 2. The summed E-state index contributed by atoms with van der Waals surface area (Å²) in [7, 11) is 0. The molecule has 0 N–H and O–H groups in total. The van der Waals surface area contributed by atoms with Gasteiger partial charge in [0, 0.05) is 0 Å². The molecule has 0 amide bonds. The first kappa shape index (κ1) is 17.3. The normalized spacial score (nSPS) is 20.6. The molecule has 1 fully saturated rings. The van der Waals surface area contributed by atoms with Gasteiger partial charge in [-0.15, -0.1) is 0 Å². The van der Waals surface area contributed by atoms with Gasteiger partial charge in [-0.25, -0.2) is 4.79 Å². The number of rotatable bonds is 5. The van der Waals surface area contributed by atoms with Crippen molar-refractivity contribution < 1.29 is 23.8 Å². The predicted octanol–water partition coefficient (Wildman–Crippen LogP) is 2.38. The Morgan fingerprint density at radius 1 is 1.35 bits per heavy atom. The molecule has 1 saturated heterocycles. The summed E-state index contributed by atoms with van der Waals surface area (Å²) in [6.07, 6.45) is 2.21. The van der Waals surface area contributed by atoms with Gasteiger partial charge in [-0.3, -0.25) is 4.79 Å². The van der Waals surface area contributed by atoms with E-state index in [0.29, 0.717) is 18.8 Å². The third-order valence-corrected chi connectivity index (χ3v) is 4.35. The summed E-state index contributed by atoms with van der Waals surface area (Å²) in [6.45, 7) is 5.72. The van der Waals surface area contributed by atoms with Crippen LogP contribution in [0.15, 0.2) is 0 Å². The molecule has 1 rings (SSSR count). The van der Waals surface area contributed by atoms with E-state index in [0.717, 1.165) is 18.6 Å². The lowest BCUT2D eigenvalue weighted by Crippen LogP contribution is -2.31. The average molecular weight is 304 g/mol. The maximum Gasteiger partial charge on any atom is 0.346 e. The highest BCUT2D eigenvalue weighted by molar-refractivity contribution is 7.99. The maximum absolute atomic E-state index is 11.7. The lowest BCUT2D eigenvalue weighted by molar-refractivity contribution is -0.183. The monoisotopic (exact) mass is 304 g/mol. The summed E-state index contributed by atoms with van der Waals surface area (Å²) in [4.78, 5) is 23.4. The van der Waals surface area contributed by atoms with E-state index in [2.05, 4.69) is 0 Å². The molecule has 5 nitrogen and oxygen atoms in total. The SMILES string of the molecule is CCC(C)(C)C(=O)OCC(=O)OC1CSCCCCO1. The zero-order valence-electron chi connectivity index (χ0n) is 12.5. The Bertz CT molecular complexity index is 322. The van der Waals surface area contributed by atoms with Crippen LogP contribution in [0.3, 0.4) is 0 Å². The van der Waals surface area contributed by atoms with E-state index in [1.54, 1.807) is 25.6 Å². The quantitative estimate of drug-likeness (QED) is 0.727. The number of ether oxygens (including phenoxy) is 3. The fourth-order valence-electron chi connectivity index (χ4n) is 1.46. The van der Waals surface area contributed by atoms with E-state index in [1.807, 2.05) is 6.92 Å². The molecule has 0 aromatic carbocycles. The van der Waals surface area contributed by atoms with E-state index in [4.69, 9.17) is 14.2 Å². The van der Waals surface area contributed by atoms with Crippen molar-refractivity contribution in [3.05, 3.63) is 0 Å². The van der Waals surface area contributed by atoms with Crippen LogP contribution in [0.5, 0.6) is 0 Å². The van der Waals surface area contributed by atoms with Gasteiger partial charge >= 0.3 is 11.9 Å². The molecule has 116 valence electrons. The van der Waals surface area contributed by atoms with Gasteiger partial charge in [0.2, 0.25) is 6.29 Å². The highest BCUT2D eigenvalue weighted by atomic mass is 32.2. The van der Waals surface area contributed by atoms with Crippen LogP contribution in [-0.4, -0.2) is 42.9 Å². The Morgan fingerprint density at radius 3 is 2.80 bits per heavy atom. The molecule has 20 heavy (non-hydrogen) atoms. The zero-order chi connectivity index (χ0) is 15.0. The average Bonchev–Trinajstić information content (AvgIpc) is 2.38. The molecule has 0 aliphatic carbocycles. The molecule has 0 radical (unpaired) electrons. The molecule has 1 aliphatic rings. The molecule has 0 spiro atoms. The number of hydrogen-bond donors (Lipinski definition) is 0. The van der Waals surface area contributed by atoms with Crippen molar-refractivity contribution in [1.82, 2.24) is 0 Å². The summed E-state index contributed by atoms with van der Waals surface area (Å²) >= 11 is 1.70. The molecule has 1 heterocycles. The minimum absolute atomic E-state index is 0.354. The van der Waals surface area contributed by atoms with Crippen LogP contribution in [0.1, 0.15) is 40.0 Å². The van der Waals surface area contributed by atoms with Gasteiger partial charge in [0.1, 0.15) is 0 Å². The van der Waals surface area contributed by atoms with Gasteiger partial charge in [-0.05, 0) is 38.9 Å². The number of carbonyl (C=O) groups is 2. The van der Waals surface area contributed by atoms with Crippen LogP contribution >= 0.6 is 11.8 Å². The molecule has 1 aliphatic heterocycles. The maximum atomic E-state index is 11.7. The van der Waals surface area contributed by atoms with E-state index < -0.39 is 17.7 Å². The van der Waals surface area contributed by atoms with Crippen LogP contribution in [0.4, 0.5) is 0 Å². The Labute approximate surface area is 124 Å². The van der Waals surface area contributed by atoms with Gasteiger partial charge < -0.3 is 14.2 Å². The summed E-state index contributed by atoms with van der Waals surface area (Å²) in [5.74, 6) is 0.735. The fourth-order valence-corrected chi connectivity index (χ4v) is 2.39. The molecular formula is C14H24O5S.